The summed E-state index contributed by atoms with van der Waals surface area (Å²) >= 11 is 6.15. The van der Waals surface area contributed by atoms with E-state index in [9.17, 15) is 14.4 Å². The van der Waals surface area contributed by atoms with Crippen LogP contribution < -0.4 is 10.6 Å². The van der Waals surface area contributed by atoms with Gasteiger partial charge >= 0.3 is 5.97 Å². The van der Waals surface area contributed by atoms with E-state index in [-0.39, 0.29) is 0 Å². The van der Waals surface area contributed by atoms with Crippen LogP contribution in [0.5, 0.6) is 0 Å². The van der Waals surface area contributed by atoms with E-state index in [1.165, 1.54) is 13.0 Å². The molecule has 0 aromatic heterocycles. The molecule has 152 valence electrons. The summed E-state index contributed by atoms with van der Waals surface area (Å²) in [4.78, 5) is 36.0. The first-order valence-electron chi connectivity index (χ1n) is 9.03. The average molecular weight is 415 g/mol. The molecule has 2 aromatic carbocycles. The summed E-state index contributed by atoms with van der Waals surface area (Å²) in [6.45, 7) is 4.72. The standard InChI is InChI=1S/C22H23ClN2O4/c1-14-11-15(2)21(18(23)12-14)25-20(27)13-29-22(28)16(3)24-19(26)10-9-17-7-5-4-6-8-17/h4-12,16H,13H2,1-3H3,(H,24,26)(H,25,27)/b10-9+/t16-/m0/s1. The van der Waals surface area contributed by atoms with Crippen LogP contribution in [0.3, 0.4) is 0 Å². The van der Waals surface area contributed by atoms with Gasteiger partial charge in [-0.05, 0) is 49.6 Å². The second-order valence-electron chi connectivity index (χ2n) is 6.57. The first-order valence-corrected chi connectivity index (χ1v) is 9.41. The van der Waals surface area contributed by atoms with E-state index in [2.05, 4.69) is 10.6 Å². The highest BCUT2D eigenvalue weighted by Crippen LogP contribution is 2.27. The molecule has 0 heterocycles. The molecule has 2 aromatic rings. The molecule has 7 heteroatoms. The first kappa shape index (κ1) is 22.2. The minimum Gasteiger partial charge on any atom is -0.454 e. The van der Waals surface area contributed by atoms with Crippen LogP contribution >= 0.6 is 11.6 Å². The highest BCUT2D eigenvalue weighted by Gasteiger charge is 2.18. The van der Waals surface area contributed by atoms with Gasteiger partial charge in [0.15, 0.2) is 6.61 Å². The number of benzene rings is 2. The lowest BCUT2D eigenvalue weighted by atomic mass is 10.1. The molecule has 29 heavy (non-hydrogen) atoms. The smallest absolute Gasteiger partial charge is 0.328 e. The van der Waals surface area contributed by atoms with Gasteiger partial charge in [-0.25, -0.2) is 4.79 Å². The summed E-state index contributed by atoms with van der Waals surface area (Å²) in [5.41, 5.74) is 3.12. The molecule has 2 rings (SSSR count). The van der Waals surface area contributed by atoms with E-state index in [0.29, 0.717) is 10.7 Å². The van der Waals surface area contributed by atoms with Gasteiger partial charge in [0.05, 0.1) is 10.7 Å². The molecule has 0 unspecified atom stereocenters. The fraction of sp³-hybridized carbons (Fsp3) is 0.227. The largest absolute Gasteiger partial charge is 0.454 e. The molecular formula is C22H23ClN2O4. The average Bonchev–Trinajstić information content (AvgIpc) is 2.68. The maximum atomic E-state index is 12.1. The van der Waals surface area contributed by atoms with Crippen molar-refractivity contribution in [1.82, 2.24) is 5.32 Å². The molecule has 2 N–H and O–H groups in total. The van der Waals surface area contributed by atoms with Gasteiger partial charge in [-0.1, -0.05) is 48.0 Å². The zero-order valence-corrected chi connectivity index (χ0v) is 17.2. The molecular weight excluding hydrogens is 392 g/mol. The Balaban J connectivity index is 1.81. The van der Waals surface area contributed by atoms with Crippen molar-refractivity contribution in [3.8, 4) is 0 Å². The highest BCUT2D eigenvalue weighted by molar-refractivity contribution is 6.34. The zero-order valence-electron chi connectivity index (χ0n) is 16.5. The minimum atomic E-state index is -0.902. The second-order valence-corrected chi connectivity index (χ2v) is 6.98. The van der Waals surface area contributed by atoms with Crippen LogP contribution in [0.25, 0.3) is 6.08 Å². The lowest BCUT2D eigenvalue weighted by Gasteiger charge is -2.14. The number of rotatable bonds is 7. The van der Waals surface area contributed by atoms with Crippen LogP contribution in [0.1, 0.15) is 23.6 Å². The Labute approximate surface area is 174 Å². The van der Waals surface area contributed by atoms with Gasteiger partial charge < -0.3 is 15.4 Å². The Bertz CT molecular complexity index is 903. The van der Waals surface area contributed by atoms with Crippen molar-refractivity contribution in [2.75, 3.05) is 11.9 Å². The van der Waals surface area contributed by atoms with E-state index in [1.54, 1.807) is 12.1 Å². The van der Waals surface area contributed by atoms with E-state index in [1.807, 2.05) is 50.2 Å². The van der Waals surface area contributed by atoms with Crippen LogP contribution in [0.2, 0.25) is 5.02 Å². The van der Waals surface area contributed by atoms with Crippen molar-refractivity contribution in [3.63, 3.8) is 0 Å². The monoisotopic (exact) mass is 414 g/mol. The van der Waals surface area contributed by atoms with Gasteiger partial charge in [0.25, 0.3) is 5.91 Å². The lowest BCUT2D eigenvalue weighted by molar-refractivity contribution is -0.149. The Morgan fingerprint density at radius 2 is 1.83 bits per heavy atom. The third-order valence-corrected chi connectivity index (χ3v) is 4.28. The summed E-state index contributed by atoms with van der Waals surface area (Å²) in [7, 11) is 0. The topological polar surface area (TPSA) is 84.5 Å². The van der Waals surface area contributed by atoms with Crippen molar-refractivity contribution in [1.29, 1.82) is 0 Å². The van der Waals surface area contributed by atoms with Crippen LogP contribution in [0.4, 0.5) is 5.69 Å². The lowest BCUT2D eigenvalue weighted by Crippen LogP contribution is -2.39. The van der Waals surface area contributed by atoms with Crippen molar-refractivity contribution in [2.45, 2.75) is 26.8 Å². The fourth-order valence-electron chi connectivity index (χ4n) is 2.57. The number of hydrogen-bond acceptors (Lipinski definition) is 4. The molecule has 0 fully saturated rings. The van der Waals surface area contributed by atoms with Gasteiger partial charge in [-0.3, -0.25) is 9.59 Å². The Morgan fingerprint density at radius 1 is 1.14 bits per heavy atom. The van der Waals surface area contributed by atoms with Crippen molar-refractivity contribution >= 4 is 41.1 Å². The number of amides is 2. The number of esters is 1. The Kier molecular flexibility index (Phi) is 7.98. The number of halogens is 1. The Hall–Kier alpha value is -3.12. The third kappa shape index (κ3) is 7.08. The number of ether oxygens (including phenoxy) is 1. The number of carbonyl (C=O) groups is 3. The molecule has 0 bridgehead atoms. The van der Waals surface area contributed by atoms with Crippen molar-refractivity contribution in [3.05, 3.63) is 70.3 Å². The predicted molar refractivity (Wildman–Crippen MR) is 114 cm³/mol. The minimum absolute atomic E-state index is 0.410. The SMILES string of the molecule is Cc1cc(C)c(NC(=O)COC(=O)[C@H](C)NC(=O)/C=C/c2ccccc2)c(Cl)c1. The summed E-state index contributed by atoms with van der Waals surface area (Å²) in [5.74, 6) is -1.67. The fourth-order valence-corrected chi connectivity index (χ4v) is 2.94. The second kappa shape index (κ2) is 10.4. The summed E-state index contributed by atoms with van der Waals surface area (Å²) in [5, 5.41) is 5.54. The normalized spacial score (nSPS) is 11.7. The van der Waals surface area contributed by atoms with E-state index in [4.69, 9.17) is 16.3 Å². The molecule has 0 aliphatic carbocycles. The van der Waals surface area contributed by atoms with Crippen LogP contribution in [0, 0.1) is 13.8 Å². The van der Waals surface area contributed by atoms with E-state index >= 15 is 0 Å². The van der Waals surface area contributed by atoms with Crippen molar-refractivity contribution < 1.29 is 19.1 Å². The maximum Gasteiger partial charge on any atom is 0.328 e. The van der Waals surface area contributed by atoms with E-state index in [0.717, 1.165) is 16.7 Å². The van der Waals surface area contributed by atoms with Crippen LogP contribution in [0.15, 0.2) is 48.5 Å². The quantitative estimate of drug-likeness (QED) is 0.535. The van der Waals surface area contributed by atoms with Gasteiger partial charge in [0.2, 0.25) is 5.91 Å². The highest BCUT2D eigenvalue weighted by atomic mass is 35.5. The molecule has 2 amide bonds. The number of anilines is 1. The zero-order chi connectivity index (χ0) is 21.4. The summed E-state index contributed by atoms with van der Waals surface area (Å²) < 4.78 is 4.97. The maximum absolute atomic E-state index is 12.1. The molecule has 0 saturated carbocycles. The first-order chi connectivity index (χ1) is 13.8. The van der Waals surface area contributed by atoms with Crippen molar-refractivity contribution in [2.24, 2.45) is 0 Å². The molecule has 0 spiro atoms. The van der Waals surface area contributed by atoms with Gasteiger partial charge in [0.1, 0.15) is 6.04 Å². The Morgan fingerprint density at radius 3 is 2.48 bits per heavy atom. The number of aryl methyl sites for hydroxylation is 2. The van der Waals surface area contributed by atoms with Gasteiger partial charge in [-0.15, -0.1) is 0 Å². The van der Waals surface area contributed by atoms with Crippen LogP contribution in [-0.2, 0) is 19.1 Å². The molecule has 0 aliphatic heterocycles. The summed E-state index contributed by atoms with van der Waals surface area (Å²) in [6.07, 6.45) is 2.96. The number of nitrogens with one attached hydrogen (secondary N) is 2. The molecule has 0 saturated heterocycles. The van der Waals surface area contributed by atoms with Crippen LogP contribution in [-0.4, -0.2) is 30.4 Å². The van der Waals surface area contributed by atoms with Gasteiger partial charge in [0, 0.05) is 6.08 Å². The molecule has 0 aliphatic rings. The van der Waals surface area contributed by atoms with E-state index < -0.39 is 30.4 Å². The third-order valence-electron chi connectivity index (χ3n) is 3.98. The molecule has 1 atom stereocenters. The number of carbonyl (C=O) groups excluding carboxylic acids is 3. The molecule has 0 radical (unpaired) electrons. The predicted octanol–water partition coefficient (Wildman–Crippen LogP) is 3.66. The number of hydrogen-bond donors (Lipinski definition) is 2. The molecule has 6 nitrogen and oxygen atoms in total. The van der Waals surface area contributed by atoms with Gasteiger partial charge in [-0.2, -0.15) is 0 Å². The summed E-state index contributed by atoms with van der Waals surface area (Å²) in [6, 6.07) is 12.0.